The van der Waals surface area contributed by atoms with Gasteiger partial charge in [0.1, 0.15) is 29.1 Å². The summed E-state index contributed by atoms with van der Waals surface area (Å²) in [7, 11) is 0. The molecule has 254 valence electrons. The highest BCUT2D eigenvalue weighted by Crippen LogP contribution is 2.45. The summed E-state index contributed by atoms with van der Waals surface area (Å²) >= 11 is 0. The zero-order valence-electron chi connectivity index (χ0n) is 26.7. The predicted octanol–water partition coefficient (Wildman–Crippen LogP) is 6.46. The number of aliphatic hydroxyl groups is 1. The molecular formula is C37H34F3N3O6. The van der Waals surface area contributed by atoms with Crippen LogP contribution in [0.25, 0.3) is 16.7 Å². The number of nitrogens with zero attached hydrogens (tertiary/aromatic N) is 3. The van der Waals surface area contributed by atoms with E-state index in [0.29, 0.717) is 11.1 Å². The van der Waals surface area contributed by atoms with Gasteiger partial charge in [0.05, 0.1) is 12.2 Å². The van der Waals surface area contributed by atoms with Crippen molar-refractivity contribution in [1.29, 1.82) is 0 Å². The summed E-state index contributed by atoms with van der Waals surface area (Å²) in [6, 6.07) is 25.3. The van der Waals surface area contributed by atoms with E-state index in [1.165, 1.54) is 18.2 Å². The maximum Gasteiger partial charge on any atom is 0.416 e. The molecule has 5 aromatic rings. The molecule has 1 heterocycles. The molecular weight excluding hydrogens is 639 g/mol. The summed E-state index contributed by atoms with van der Waals surface area (Å²) in [4.78, 5) is 25.6. The van der Waals surface area contributed by atoms with E-state index in [1.54, 1.807) is 19.1 Å². The maximum absolute atomic E-state index is 13.5. The van der Waals surface area contributed by atoms with Gasteiger partial charge in [0.2, 0.25) is 0 Å². The van der Waals surface area contributed by atoms with Gasteiger partial charge in [0.25, 0.3) is 0 Å². The molecule has 1 atom stereocenters. The molecule has 0 aliphatic rings. The van der Waals surface area contributed by atoms with Crippen LogP contribution in [0.15, 0.2) is 103 Å². The van der Waals surface area contributed by atoms with E-state index in [4.69, 9.17) is 9.47 Å². The number of fused-ring (bicyclic) bond motifs is 1. The Balaban J connectivity index is 1.57. The van der Waals surface area contributed by atoms with Gasteiger partial charge in [-0.15, -0.1) is 15.0 Å². The number of alkyl halides is 3. The third kappa shape index (κ3) is 7.81. The molecule has 12 heteroatoms. The van der Waals surface area contributed by atoms with E-state index >= 15 is 0 Å². The van der Waals surface area contributed by atoms with E-state index < -0.39 is 41.8 Å². The first-order valence-electron chi connectivity index (χ1n) is 15.5. The summed E-state index contributed by atoms with van der Waals surface area (Å²) in [5.74, 6) is -1.52. The van der Waals surface area contributed by atoms with Gasteiger partial charge in [-0.1, -0.05) is 72.8 Å². The van der Waals surface area contributed by atoms with Crippen LogP contribution in [0.2, 0.25) is 0 Å². The molecule has 1 aromatic heterocycles. The quantitative estimate of drug-likeness (QED) is 0.0880. The Morgan fingerprint density at radius 1 is 0.898 bits per heavy atom. The largest absolute Gasteiger partial charge is 0.505 e. The summed E-state index contributed by atoms with van der Waals surface area (Å²) in [6.07, 6.45) is -3.02. The minimum atomic E-state index is -4.59. The fourth-order valence-electron chi connectivity index (χ4n) is 5.55. The number of carbonyl (C=O) groups is 2. The molecule has 0 aliphatic heterocycles. The van der Waals surface area contributed by atoms with Gasteiger partial charge in [-0.05, 0) is 61.2 Å². The first-order valence-corrected chi connectivity index (χ1v) is 15.5. The highest BCUT2D eigenvalue weighted by Gasteiger charge is 2.36. The van der Waals surface area contributed by atoms with E-state index in [-0.39, 0.29) is 41.9 Å². The lowest BCUT2D eigenvalue weighted by molar-refractivity contribution is -0.159. The number of aromatic hydroxyl groups is 1. The molecule has 0 saturated carbocycles. The van der Waals surface area contributed by atoms with Crippen LogP contribution in [0.3, 0.4) is 0 Å². The third-order valence-corrected chi connectivity index (χ3v) is 8.15. The SMILES string of the molecule is CC=CC(=O)OCC(CO)OC(=O)CCc1cc(-n2nc3ccc(C(F)(F)F)cc3n2)c(O)c(C(C)(c2ccccc2)c2ccccc2)c1. The van der Waals surface area contributed by atoms with Crippen molar-refractivity contribution >= 4 is 23.0 Å². The lowest BCUT2D eigenvalue weighted by Gasteiger charge is -2.33. The number of hydrogen-bond acceptors (Lipinski definition) is 8. The number of rotatable bonds is 12. The number of hydrogen-bond donors (Lipinski definition) is 2. The van der Waals surface area contributed by atoms with E-state index in [0.717, 1.165) is 28.1 Å². The molecule has 0 amide bonds. The second-order valence-electron chi connectivity index (χ2n) is 11.5. The van der Waals surface area contributed by atoms with Gasteiger partial charge in [-0.3, -0.25) is 4.79 Å². The Bertz CT molecular complexity index is 1920. The van der Waals surface area contributed by atoms with Crippen molar-refractivity contribution in [2.75, 3.05) is 13.2 Å². The van der Waals surface area contributed by atoms with E-state index in [9.17, 15) is 33.0 Å². The van der Waals surface area contributed by atoms with Crippen molar-refractivity contribution in [1.82, 2.24) is 15.0 Å². The number of esters is 2. The van der Waals surface area contributed by atoms with Crippen LogP contribution in [0, 0.1) is 0 Å². The van der Waals surface area contributed by atoms with Gasteiger partial charge in [0, 0.05) is 23.5 Å². The van der Waals surface area contributed by atoms with Crippen molar-refractivity contribution in [3.05, 3.63) is 131 Å². The Morgan fingerprint density at radius 2 is 1.53 bits per heavy atom. The molecule has 0 spiro atoms. The zero-order valence-corrected chi connectivity index (χ0v) is 26.7. The van der Waals surface area contributed by atoms with Crippen molar-refractivity contribution < 1.29 is 42.4 Å². The van der Waals surface area contributed by atoms with Crippen LogP contribution in [-0.2, 0) is 37.1 Å². The number of ether oxygens (including phenoxy) is 2. The number of aliphatic hydroxyl groups excluding tert-OH is 1. The summed E-state index contributed by atoms with van der Waals surface area (Å²) in [6.45, 7) is 2.68. The molecule has 1 unspecified atom stereocenters. The monoisotopic (exact) mass is 673 g/mol. The van der Waals surface area contributed by atoms with E-state index in [1.807, 2.05) is 67.6 Å². The Hall–Kier alpha value is -5.49. The Morgan fingerprint density at radius 3 is 2.12 bits per heavy atom. The summed E-state index contributed by atoms with van der Waals surface area (Å²) in [5.41, 5.74) is 1.09. The number of aromatic nitrogens is 3. The zero-order chi connectivity index (χ0) is 35.2. The van der Waals surface area contributed by atoms with Crippen molar-refractivity contribution in [2.45, 2.75) is 44.4 Å². The summed E-state index contributed by atoms with van der Waals surface area (Å²) in [5, 5.41) is 30.3. The lowest BCUT2D eigenvalue weighted by atomic mass is 9.70. The number of benzene rings is 4. The minimum absolute atomic E-state index is 0.0243. The second kappa shape index (κ2) is 14.7. The highest BCUT2D eigenvalue weighted by atomic mass is 19.4. The number of phenols is 1. The van der Waals surface area contributed by atoms with Crippen LogP contribution in [0.5, 0.6) is 5.75 Å². The van der Waals surface area contributed by atoms with Gasteiger partial charge in [0.15, 0.2) is 6.10 Å². The molecule has 0 bridgehead atoms. The third-order valence-electron chi connectivity index (χ3n) is 8.15. The first kappa shape index (κ1) is 34.8. The lowest BCUT2D eigenvalue weighted by Crippen LogP contribution is -2.28. The standard InChI is InChI=1S/C37H34F3N3O6/c1-3-10-33(45)48-23-28(22-44)49-34(46)18-15-24-19-29(36(2,25-11-6-4-7-12-25)26-13-8-5-9-14-26)35(47)32(20-24)43-41-30-17-16-27(37(38,39)40)21-31(30)42-43/h3-14,16-17,19-21,28,44,47H,15,18,22-23H2,1-2H3. The average molecular weight is 674 g/mol. The molecule has 0 radical (unpaired) electrons. The van der Waals surface area contributed by atoms with Gasteiger partial charge < -0.3 is 19.7 Å². The average Bonchev–Trinajstić information content (AvgIpc) is 3.53. The second-order valence-corrected chi connectivity index (χ2v) is 11.5. The van der Waals surface area contributed by atoms with Crippen LogP contribution < -0.4 is 0 Å². The van der Waals surface area contributed by atoms with Gasteiger partial charge >= 0.3 is 18.1 Å². The molecule has 5 rings (SSSR count). The minimum Gasteiger partial charge on any atom is -0.505 e. The van der Waals surface area contributed by atoms with Gasteiger partial charge in [-0.2, -0.15) is 13.2 Å². The molecule has 0 aliphatic carbocycles. The van der Waals surface area contributed by atoms with Crippen molar-refractivity contribution in [2.24, 2.45) is 0 Å². The fraction of sp³-hybridized carbons (Fsp3) is 0.243. The molecule has 9 nitrogen and oxygen atoms in total. The molecule has 0 saturated heterocycles. The number of halogens is 3. The van der Waals surface area contributed by atoms with Crippen LogP contribution in [0.4, 0.5) is 13.2 Å². The number of allylic oxidation sites excluding steroid dienone is 1. The molecule has 49 heavy (non-hydrogen) atoms. The van der Waals surface area contributed by atoms with Crippen LogP contribution in [-0.4, -0.2) is 56.5 Å². The maximum atomic E-state index is 13.5. The predicted molar refractivity (Wildman–Crippen MR) is 175 cm³/mol. The van der Waals surface area contributed by atoms with Crippen molar-refractivity contribution in [3.8, 4) is 11.4 Å². The molecule has 2 N–H and O–H groups in total. The number of aryl methyl sites for hydroxylation is 1. The fourth-order valence-corrected chi connectivity index (χ4v) is 5.55. The number of carbonyl (C=O) groups excluding carboxylic acids is 2. The smallest absolute Gasteiger partial charge is 0.416 e. The topological polar surface area (TPSA) is 124 Å². The Labute approximate surface area is 280 Å². The van der Waals surface area contributed by atoms with Crippen LogP contribution in [0.1, 0.15) is 48.1 Å². The first-order chi connectivity index (χ1) is 23.4. The summed E-state index contributed by atoms with van der Waals surface area (Å²) < 4.78 is 50.7. The Kier molecular flexibility index (Phi) is 10.5. The molecule has 0 fully saturated rings. The number of phenolic OH excluding ortho intramolecular Hbond substituents is 1. The normalized spacial score (nSPS) is 12.7. The highest BCUT2D eigenvalue weighted by molar-refractivity contribution is 5.81. The van der Waals surface area contributed by atoms with Crippen LogP contribution >= 0.6 is 0 Å². The van der Waals surface area contributed by atoms with Crippen molar-refractivity contribution in [3.63, 3.8) is 0 Å². The molecule has 4 aromatic carbocycles. The van der Waals surface area contributed by atoms with E-state index in [2.05, 4.69) is 10.2 Å². The van der Waals surface area contributed by atoms with Gasteiger partial charge in [-0.25, -0.2) is 4.79 Å².